The molecule has 1 N–H and O–H groups in total. The van der Waals surface area contributed by atoms with Crippen LogP contribution in [0.3, 0.4) is 0 Å². The van der Waals surface area contributed by atoms with Gasteiger partial charge in [0.1, 0.15) is 0 Å². The molecule has 0 radical (unpaired) electrons. The lowest BCUT2D eigenvalue weighted by atomic mass is 10.1. The number of imidazole rings is 1. The third kappa shape index (κ3) is 3.83. The molecular weight excluding hydrogens is 342 g/mol. The van der Waals surface area contributed by atoms with Crippen LogP contribution in [0.15, 0.2) is 72.4 Å². The number of hydrogen-bond donors (Lipinski definition) is 1. The van der Waals surface area contributed by atoms with Crippen LogP contribution in [0, 0.1) is 0 Å². The number of thiazole rings is 1. The topological polar surface area (TPSA) is 46.4 Å². The Morgan fingerprint density at radius 1 is 1.12 bits per heavy atom. The number of anilines is 1. The number of fused-ring (bicyclic) bond motifs is 1. The van der Waals surface area contributed by atoms with Gasteiger partial charge in [-0.05, 0) is 30.5 Å². The number of rotatable bonds is 6. The van der Waals surface area contributed by atoms with Gasteiger partial charge in [-0.2, -0.15) is 0 Å². The lowest BCUT2D eigenvalue weighted by Crippen LogP contribution is -2.11. The van der Waals surface area contributed by atoms with Crippen molar-refractivity contribution in [1.29, 1.82) is 0 Å². The Kier molecular flexibility index (Phi) is 4.80. The van der Waals surface area contributed by atoms with E-state index in [1.807, 2.05) is 64.6 Å². The maximum absolute atomic E-state index is 12.2. The van der Waals surface area contributed by atoms with Gasteiger partial charge in [-0.15, -0.1) is 11.3 Å². The molecule has 0 saturated carbocycles. The second-order valence-electron chi connectivity index (χ2n) is 6.19. The molecule has 4 nitrogen and oxygen atoms in total. The Bertz CT molecular complexity index is 991. The van der Waals surface area contributed by atoms with Crippen molar-refractivity contribution in [2.45, 2.75) is 19.3 Å². The van der Waals surface area contributed by atoms with Gasteiger partial charge in [-0.1, -0.05) is 42.5 Å². The molecule has 0 aliphatic carbocycles. The summed E-state index contributed by atoms with van der Waals surface area (Å²) in [5.41, 5.74) is 3.99. The number of amides is 1. The predicted octanol–water partition coefficient (Wildman–Crippen LogP) is 5.02. The van der Waals surface area contributed by atoms with Gasteiger partial charge >= 0.3 is 0 Å². The van der Waals surface area contributed by atoms with Gasteiger partial charge in [0, 0.05) is 35.4 Å². The fourth-order valence-electron chi connectivity index (χ4n) is 2.94. The number of nitrogens with one attached hydrogen (secondary N) is 1. The first kappa shape index (κ1) is 16.5. The number of carbonyl (C=O) groups is 1. The highest BCUT2D eigenvalue weighted by Gasteiger charge is 2.07. The highest BCUT2D eigenvalue weighted by Crippen LogP contribution is 2.24. The van der Waals surface area contributed by atoms with Crippen molar-refractivity contribution in [3.05, 3.63) is 77.9 Å². The Hall–Kier alpha value is -2.92. The summed E-state index contributed by atoms with van der Waals surface area (Å²) in [7, 11) is 0. The van der Waals surface area contributed by atoms with E-state index in [0.29, 0.717) is 6.42 Å². The predicted molar refractivity (Wildman–Crippen MR) is 107 cm³/mol. The second-order valence-corrected chi connectivity index (χ2v) is 7.06. The number of aryl methyl sites for hydroxylation is 1. The lowest BCUT2D eigenvalue weighted by Gasteiger charge is -2.07. The molecule has 2 heterocycles. The molecule has 0 saturated heterocycles. The summed E-state index contributed by atoms with van der Waals surface area (Å²) >= 11 is 1.61. The molecule has 0 unspecified atom stereocenters. The van der Waals surface area contributed by atoms with Crippen LogP contribution < -0.4 is 5.32 Å². The van der Waals surface area contributed by atoms with E-state index in [9.17, 15) is 4.79 Å². The summed E-state index contributed by atoms with van der Waals surface area (Å²) in [6.07, 6.45) is 6.27. The van der Waals surface area contributed by atoms with E-state index in [1.54, 1.807) is 11.3 Å². The molecule has 130 valence electrons. The van der Waals surface area contributed by atoms with Crippen molar-refractivity contribution in [2.75, 3.05) is 5.32 Å². The van der Waals surface area contributed by atoms with Crippen LogP contribution >= 0.6 is 11.3 Å². The normalized spacial score (nSPS) is 10.9. The van der Waals surface area contributed by atoms with Crippen molar-refractivity contribution >= 4 is 27.9 Å². The van der Waals surface area contributed by atoms with Crippen LogP contribution in [0.1, 0.15) is 18.4 Å². The van der Waals surface area contributed by atoms with Crippen LogP contribution in [-0.4, -0.2) is 15.3 Å². The summed E-state index contributed by atoms with van der Waals surface area (Å²) in [6.45, 7) is 0. The molecular formula is C21H19N3OS. The molecule has 0 spiro atoms. The third-order valence-corrected chi connectivity index (χ3v) is 5.02. The molecule has 5 heteroatoms. The summed E-state index contributed by atoms with van der Waals surface area (Å²) < 4.78 is 2.01. The first-order valence-electron chi connectivity index (χ1n) is 8.64. The fourth-order valence-corrected chi connectivity index (χ4v) is 3.64. The third-order valence-electron chi connectivity index (χ3n) is 4.25. The van der Waals surface area contributed by atoms with Gasteiger partial charge in [-0.25, -0.2) is 4.98 Å². The Labute approximate surface area is 156 Å². The van der Waals surface area contributed by atoms with Crippen molar-refractivity contribution in [3.63, 3.8) is 0 Å². The first-order valence-corrected chi connectivity index (χ1v) is 9.52. The minimum atomic E-state index is 0.0453. The molecule has 0 atom stereocenters. The highest BCUT2D eigenvalue weighted by molar-refractivity contribution is 7.15. The molecule has 0 aliphatic rings. The molecule has 2 aromatic carbocycles. The van der Waals surface area contributed by atoms with Crippen LogP contribution in [0.5, 0.6) is 0 Å². The van der Waals surface area contributed by atoms with E-state index in [0.717, 1.165) is 34.7 Å². The van der Waals surface area contributed by atoms with Crippen LogP contribution in [0.4, 0.5) is 5.69 Å². The number of carbonyl (C=O) groups excluding carboxylic acids is 1. The smallest absolute Gasteiger partial charge is 0.224 e. The average molecular weight is 361 g/mol. The summed E-state index contributed by atoms with van der Waals surface area (Å²) in [5, 5.41) is 5.01. The lowest BCUT2D eigenvalue weighted by molar-refractivity contribution is -0.116. The van der Waals surface area contributed by atoms with Gasteiger partial charge in [0.05, 0.1) is 5.69 Å². The Balaban J connectivity index is 1.37. The standard InChI is InChI=1S/C21H19N3OS/c25-20(11-4-8-16-6-2-1-3-7-16)22-18-10-5-9-17(14-18)19-15-24-12-13-26-21(24)23-19/h1-3,5-7,9-10,12-15H,4,8,11H2,(H,22,25). The molecule has 1 amide bonds. The zero-order valence-electron chi connectivity index (χ0n) is 14.3. The molecule has 0 aliphatic heterocycles. The van der Waals surface area contributed by atoms with Gasteiger partial charge in [0.15, 0.2) is 4.96 Å². The zero-order chi connectivity index (χ0) is 17.8. The molecule has 4 aromatic rings. The zero-order valence-corrected chi connectivity index (χ0v) is 15.1. The van der Waals surface area contributed by atoms with E-state index in [1.165, 1.54) is 5.56 Å². The molecule has 2 aromatic heterocycles. The molecule has 26 heavy (non-hydrogen) atoms. The van der Waals surface area contributed by atoms with E-state index >= 15 is 0 Å². The SMILES string of the molecule is O=C(CCCc1ccccc1)Nc1cccc(-c2cn3ccsc3n2)c1. The molecule has 0 bridgehead atoms. The van der Waals surface area contributed by atoms with Gasteiger partial charge in [0.2, 0.25) is 5.91 Å². The Morgan fingerprint density at radius 2 is 2.00 bits per heavy atom. The average Bonchev–Trinajstić information content (AvgIpc) is 3.25. The number of benzene rings is 2. The maximum Gasteiger partial charge on any atom is 0.224 e. The van der Waals surface area contributed by atoms with E-state index < -0.39 is 0 Å². The number of aromatic nitrogens is 2. The van der Waals surface area contributed by atoms with E-state index in [2.05, 4.69) is 22.4 Å². The number of nitrogens with zero attached hydrogens (tertiary/aromatic N) is 2. The number of hydrogen-bond acceptors (Lipinski definition) is 3. The van der Waals surface area contributed by atoms with Gasteiger partial charge in [0.25, 0.3) is 0 Å². The summed E-state index contributed by atoms with van der Waals surface area (Å²) in [6, 6.07) is 18.1. The Morgan fingerprint density at radius 3 is 2.85 bits per heavy atom. The van der Waals surface area contributed by atoms with Gasteiger partial charge in [-0.3, -0.25) is 9.20 Å². The van der Waals surface area contributed by atoms with E-state index in [-0.39, 0.29) is 5.91 Å². The van der Waals surface area contributed by atoms with Gasteiger partial charge < -0.3 is 5.32 Å². The maximum atomic E-state index is 12.2. The van der Waals surface area contributed by atoms with Crippen molar-refractivity contribution in [2.24, 2.45) is 0 Å². The second kappa shape index (κ2) is 7.54. The summed E-state index contributed by atoms with van der Waals surface area (Å²) in [5.74, 6) is 0.0453. The molecule has 0 fully saturated rings. The summed E-state index contributed by atoms with van der Waals surface area (Å²) in [4.78, 5) is 17.8. The van der Waals surface area contributed by atoms with Crippen molar-refractivity contribution in [3.8, 4) is 11.3 Å². The van der Waals surface area contributed by atoms with Crippen LogP contribution in [-0.2, 0) is 11.2 Å². The largest absolute Gasteiger partial charge is 0.326 e. The van der Waals surface area contributed by atoms with Crippen LogP contribution in [0.25, 0.3) is 16.2 Å². The van der Waals surface area contributed by atoms with Crippen LogP contribution in [0.2, 0.25) is 0 Å². The quantitative estimate of drug-likeness (QED) is 0.524. The molecule has 4 rings (SSSR count). The minimum absolute atomic E-state index is 0.0453. The van der Waals surface area contributed by atoms with E-state index in [4.69, 9.17) is 0 Å². The fraction of sp³-hybridized carbons (Fsp3) is 0.143. The van der Waals surface area contributed by atoms with Crippen molar-refractivity contribution < 1.29 is 4.79 Å². The van der Waals surface area contributed by atoms with Crippen molar-refractivity contribution in [1.82, 2.24) is 9.38 Å². The minimum Gasteiger partial charge on any atom is -0.326 e. The monoisotopic (exact) mass is 361 g/mol. The first-order chi connectivity index (χ1) is 12.8. The highest BCUT2D eigenvalue weighted by atomic mass is 32.1.